The molecule has 0 aromatic heterocycles. The van der Waals surface area contributed by atoms with E-state index in [9.17, 15) is 20.4 Å². The number of hydrogen-bond donors (Lipinski definition) is 4. The molecule has 0 bridgehead atoms. The van der Waals surface area contributed by atoms with E-state index in [2.05, 4.69) is 20.4 Å². The Kier molecular flexibility index (Phi) is 5.64. The van der Waals surface area contributed by atoms with E-state index < -0.39 is 37.3 Å². The topological polar surface area (TPSA) is 109 Å². The summed E-state index contributed by atoms with van der Waals surface area (Å²) in [4.78, 5) is 0. The molecule has 4 rings (SSSR count). The molecule has 2 aliphatic carbocycles. The molecule has 2 heterocycles. The van der Waals surface area contributed by atoms with Crippen molar-refractivity contribution in [3.63, 3.8) is 0 Å². The van der Waals surface area contributed by atoms with Gasteiger partial charge in [0.15, 0.2) is 6.29 Å². The molecule has 4 aliphatic rings. The molecule has 11 atom stereocenters. The fourth-order valence-corrected chi connectivity index (χ4v) is 6.06. The Hall–Kier alpha value is -0.540. The van der Waals surface area contributed by atoms with Crippen LogP contribution in [0.4, 0.5) is 0 Å². The Labute approximate surface area is 166 Å². The molecule has 2 saturated heterocycles. The van der Waals surface area contributed by atoms with Gasteiger partial charge in [0.25, 0.3) is 0 Å². The average molecular weight is 398 g/mol. The normalized spacial score (nSPS) is 54.3. The second-order valence-electron chi connectivity index (χ2n) is 9.48. The highest BCUT2D eigenvalue weighted by atomic mass is 16.7. The van der Waals surface area contributed by atoms with Crippen molar-refractivity contribution in [1.29, 1.82) is 0 Å². The van der Waals surface area contributed by atoms with Gasteiger partial charge >= 0.3 is 0 Å². The van der Waals surface area contributed by atoms with Crippen molar-refractivity contribution in [3.05, 3.63) is 12.2 Å². The zero-order valence-electron chi connectivity index (χ0n) is 16.7. The van der Waals surface area contributed by atoms with Crippen molar-refractivity contribution in [2.24, 2.45) is 23.2 Å². The van der Waals surface area contributed by atoms with Crippen molar-refractivity contribution in [3.8, 4) is 0 Å². The molecule has 4 N–H and O–H groups in total. The molecule has 0 radical (unpaired) electrons. The summed E-state index contributed by atoms with van der Waals surface area (Å²) in [5.41, 5.74) is 1.01. The Morgan fingerprint density at radius 3 is 2.64 bits per heavy atom. The van der Waals surface area contributed by atoms with Gasteiger partial charge in [-0.05, 0) is 37.5 Å². The molecular formula is C21H34O7. The molecule has 7 heteroatoms. The van der Waals surface area contributed by atoms with Gasteiger partial charge in [0.05, 0.1) is 18.8 Å². The Morgan fingerprint density at radius 1 is 1.18 bits per heavy atom. The Balaban J connectivity index is 1.54. The summed E-state index contributed by atoms with van der Waals surface area (Å²) in [6, 6.07) is 0. The minimum Gasteiger partial charge on any atom is -0.394 e. The van der Waals surface area contributed by atoms with Crippen LogP contribution in [0, 0.1) is 23.2 Å². The fraction of sp³-hybridized carbons (Fsp3) is 0.905. The molecular weight excluding hydrogens is 364 g/mol. The number of rotatable bonds is 3. The molecule has 4 fully saturated rings. The number of hydrogen-bond acceptors (Lipinski definition) is 7. The molecule has 0 aromatic rings. The van der Waals surface area contributed by atoms with Gasteiger partial charge < -0.3 is 34.6 Å². The number of fused-ring (bicyclic) bond motifs is 3. The summed E-state index contributed by atoms with van der Waals surface area (Å²) in [5.74, 6) is 1.29. The first kappa shape index (κ1) is 20.7. The predicted octanol–water partition coefficient (Wildman–Crippen LogP) is 0.589. The summed E-state index contributed by atoms with van der Waals surface area (Å²) in [5, 5.41) is 39.9. The van der Waals surface area contributed by atoms with Gasteiger partial charge in [-0.3, -0.25) is 0 Å². The van der Waals surface area contributed by atoms with E-state index in [4.69, 9.17) is 14.2 Å². The summed E-state index contributed by atoms with van der Waals surface area (Å²) in [7, 11) is 0. The maximum Gasteiger partial charge on any atom is 0.186 e. The molecule has 2 saturated carbocycles. The highest BCUT2D eigenvalue weighted by Gasteiger charge is 2.58. The third-order valence-electron chi connectivity index (χ3n) is 7.81. The number of ether oxygens (including phenoxy) is 3. The van der Waals surface area contributed by atoms with Gasteiger partial charge in [-0.25, -0.2) is 0 Å². The van der Waals surface area contributed by atoms with Crippen LogP contribution >= 0.6 is 0 Å². The summed E-state index contributed by atoms with van der Waals surface area (Å²) in [6.07, 6.45) is -2.63. The van der Waals surface area contributed by atoms with Crippen LogP contribution in [-0.2, 0) is 14.2 Å². The van der Waals surface area contributed by atoms with Gasteiger partial charge in [-0.1, -0.05) is 26.0 Å². The summed E-state index contributed by atoms with van der Waals surface area (Å²) in [6.45, 7) is 9.14. The van der Waals surface area contributed by atoms with E-state index in [1.807, 2.05) is 0 Å². The predicted molar refractivity (Wildman–Crippen MR) is 100 cm³/mol. The first-order chi connectivity index (χ1) is 13.3. The van der Waals surface area contributed by atoms with Crippen molar-refractivity contribution in [2.45, 2.75) is 82.4 Å². The van der Waals surface area contributed by atoms with Crippen molar-refractivity contribution >= 4 is 0 Å². The van der Waals surface area contributed by atoms with Gasteiger partial charge in [-0.2, -0.15) is 0 Å². The van der Waals surface area contributed by atoms with Gasteiger partial charge in [0.1, 0.15) is 24.4 Å². The van der Waals surface area contributed by atoms with Crippen molar-refractivity contribution in [1.82, 2.24) is 0 Å². The van der Waals surface area contributed by atoms with Gasteiger partial charge in [0, 0.05) is 17.9 Å². The van der Waals surface area contributed by atoms with E-state index in [-0.39, 0.29) is 23.5 Å². The number of aliphatic hydroxyl groups excluding tert-OH is 4. The Morgan fingerprint density at radius 2 is 1.93 bits per heavy atom. The van der Waals surface area contributed by atoms with Crippen LogP contribution in [0.5, 0.6) is 0 Å². The number of aliphatic hydroxyl groups is 4. The van der Waals surface area contributed by atoms with Crippen LogP contribution in [-0.4, -0.2) is 76.6 Å². The van der Waals surface area contributed by atoms with Crippen LogP contribution in [0.2, 0.25) is 0 Å². The van der Waals surface area contributed by atoms with Gasteiger partial charge in [-0.15, -0.1) is 0 Å². The maximum absolute atomic E-state index is 10.4. The van der Waals surface area contributed by atoms with E-state index >= 15 is 0 Å². The lowest BCUT2D eigenvalue weighted by atomic mass is 9.54. The third kappa shape index (κ3) is 3.16. The van der Waals surface area contributed by atoms with Crippen LogP contribution in [0.3, 0.4) is 0 Å². The summed E-state index contributed by atoms with van der Waals surface area (Å²) < 4.78 is 18.0. The zero-order chi connectivity index (χ0) is 20.2. The second kappa shape index (κ2) is 7.61. The highest BCUT2D eigenvalue weighted by molar-refractivity contribution is 5.19. The van der Waals surface area contributed by atoms with Gasteiger partial charge in [0.2, 0.25) is 0 Å². The van der Waals surface area contributed by atoms with E-state index in [1.165, 1.54) is 5.57 Å². The fourth-order valence-electron chi connectivity index (χ4n) is 6.06. The van der Waals surface area contributed by atoms with Crippen LogP contribution < -0.4 is 0 Å². The highest BCUT2D eigenvalue weighted by Crippen LogP contribution is 2.58. The minimum atomic E-state index is -1.42. The van der Waals surface area contributed by atoms with Crippen LogP contribution in [0.1, 0.15) is 39.5 Å². The smallest absolute Gasteiger partial charge is 0.186 e. The first-order valence-electron chi connectivity index (χ1n) is 10.5. The maximum atomic E-state index is 10.4. The monoisotopic (exact) mass is 398 g/mol. The lowest BCUT2D eigenvalue weighted by molar-refractivity contribution is -0.325. The molecule has 160 valence electrons. The molecule has 28 heavy (non-hydrogen) atoms. The Bertz CT molecular complexity index is 595. The standard InChI is InChI=1S/C21H34O7/c1-10-4-5-14(28-20-18(25)17(24)16(23)13(8-22)27-20)21(3)7-6-12-11(2)9-26-19(12)15(10)21/h11-20,22-25H,1,4-9H2,2-3H3/t11-,12-,13-,14-,15+,16-,17+,18-,19-,20+,21-/m1/s1. The average Bonchev–Trinajstić information content (AvgIpc) is 3.04. The van der Waals surface area contributed by atoms with E-state index in [0.29, 0.717) is 11.8 Å². The lowest BCUT2D eigenvalue weighted by Gasteiger charge is -2.55. The molecule has 0 amide bonds. The quantitative estimate of drug-likeness (QED) is 0.515. The molecule has 2 aliphatic heterocycles. The molecule has 0 unspecified atom stereocenters. The lowest BCUT2D eigenvalue weighted by Crippen LogP contribution is -2.61. The summed E-state index contributed by atoms with van der Waals surface area (Å²) >= 11 is 0. The second-order valence-corrected chi connectivity index (χ2v) is 9.48. The van der Waals surface area contributed by atoms with Crippen molar-refractivity contribution < 1.29 is 34.6 Å². The minimum absolute atomic E-state index is 0.155. The SMILES string of the molecule is C=C1CC[C@@H](O[C@@H]2O[C@H](CO)[C@@H](O)[C@H](O)[C@H]2O)[C@@]2(C)CC[C@H]3[C@@H](OC[C@H]3C)[C@H]12. The van der Waals surface area contributed by atoms with Crippen LogP contribution in [0.25, 0.3) is 0 Å². The molecule has 0 spiro atoms. The van der Waals surface area contributed by atoms with E-state index in [0.717, 1.165) is 32.3 Å². The van der Waals surface area contributed by atoms with Crippen molar-refractivity contribution in [2.75, 3.05) is 13.2 Å². The first-order valence-corrected chi connectivity index (χ1v) is 10.5. The molecule has 0 aromatic carbocycles. The van der Waals surface area contributed by atoms with Crippen LogP contribution in [0.15, 0.2) is 12.2 Å². The zero-order valence-corrected chi connectivity index (χ0v) is 16.7. The third-order valence-corrected chi connectivity index (χ3v) is 7.81. The largest absolute Gasteiger partial charge is 0.394 e. The molecule has 7 nitrogen and oxygen atoms in total. The van der Waals surface area contributed by atoms with E-state index in [1.54, 1.807) is 0 Å².